The fourth-order valence-corrected chi connectivity index (χ4v) is 7.31. The fraction of sp³-hybridized carbons (Fsp3) is 0.296. The van der Waals surface area contributed by atoms with Crippen LogP contribution in [0.15, 0.2) is 69.9 Å². The normalized spacial score (nSPS) is 14.0. The van der Waals surface area contributed by atoms with E-state index in [-0.39, 0.29) is 25.5 Å². The Balaban J connectivity index is 1.60. The summed E-state index contributed by atoms with van der Waals surface area (Å²) in [5.74, 6) is -15.9. The van der Waals surface area contributed by atoms with E-state index >= 15 is 0 Å². The third-order valence-corrected chi connectivity index (χ3v) is 11.1. The molecule has 0 spiro atoms. The van der Waals surface area contributed by atoms with Crippen molar-refractivity contribution < 1.29 is 86.0 Å². The number of fused-ring (bicyclic) bond motifs is 2. The Morgan fingerprint density at radius 3 is 1.76 bits per heavy atom. The van der Waals surface area contributed by atoms with Crippen LogP contribution in [0.4, 0.5) is 39.5 Å². The molecule has 246 valence electrons. The van der Waals surface area contributed by atoms with Gasteiger partial charge in [-0.15, -0.1) is 0 Å². The molecule has 0 unspecified atom stereocenters. The first-order chi connectivity index (χ1) is 20.6. The van der Waals surface area contributed by atoms with Crippen LogP contribution in [0.5, 0.6) is 0 Å². The monoisotopic (exact) mass is 785 g/mol. The Morgan fingerprint density at radius 2 is 1.22 bits per heavy atom. The average Bonchev–Trinajstić information content (AvgIpc) is 2.99. The molecule has 0 aliphatic heterocycles. The summed E-state index contributed by atoms with van der Waals surface area (Å²) in [7, 11) is -4.11. The van der Waals surface area contributed by atoms with Gasteiger partial charge in [0.15, 0.2) is 0 Å². The van der Waals surface area contributed by atoms with Crippen LogP contribution in [-0.4, -0.2) is 45.9 Å². The van der Waals surface area contributed by atoms with Crippen molar-refractivity contribution in [3.8, 4) is 11.1 Å². The van der Waals surface area contributed by atoms with Gasteiger partial charge in [-0.25, -0.2) is 0 Å². The third kappa shape index (κ3) is 5.90. The predicted octanol–water partition coefficient (Wildman–Crippen LogP) is 4.02. The number of hydrogen-bond acceptors (Lipinski definition) is 7. The van der Waals surface area contributed by atoms with Crippen LogP contribution in [-0.2, 0) is 27.9 Å². The second-order valence-electron chi connectivity index (χ2n) is 9.47. The molecule has 18 heteroatoms. The molecule has 0 N–H and O–H groups in total. The van der Waals surface area contributed by atoms with Crippen molar-refractivity contribution in [2.45, 2.75) is 36.0 Å². The van der Waals surface area contributed by atoms with Crippen molar-refractivity contribution in [3.63, 3.8) is 0 Å². The van der Waals surface area contributed by atoms with Crippen LogP contribution in [0.2, 0.25) is 0 Å². The Bertz CT molecular complexity index is 1900. The molecule has 0 atom stereocenters. The number of alkyl halides is 9. The summed E-state index contributed by atoms with van der Waals surface area (Å²) < 4.78 is 162. The molecular weight excluding hydrogens is 766 g/mol. The molecule has 4 rings (SSSR count). The molecule has 4 aromatic rings. The van der Waals surface area contributed by atoms with Crippen molar-refractivity contribution in [1.82, 2.24) is 0 Å². The van der Waals surface area contributed by atoms with Crippen molar-refractivity contribution in [2.75, 3.05) is 14.2 Å². The van der Waals surface area contributed by atoms with Gasteiger partial charge >= 0.3 is 229 Å². The second kappa shape index (κ2) is 11.7. The molecule has 0 amide bonds. The van der Waals surface area contributed by atoms with Crippen LogP contribution < -0.4 is 27.0 Å². The van der Waals surface area contributed by atoms with Gasteiger partial charge in [0.25, 0.3) is 0 Å². The zero-order valence-electron chi connectivity index (χ0n) is 22.8. The molecule has 1 aromatic heterocycles. The van der Waals surface area contributed by atoms with Gasteiger partial charge in [-0.1, -0.05) is 0 Å². The summed E-state index contributed by atoms with van der Waals surface area (Å²) in [6.45, 7) is 1.65. The summed E-state index contributed by atoms with van der Waals surface area (Å²) >= 11 is -2.61. The van der Waals surface area contributed by atoms with E-state index in [1.807, 2.05) is 0 Å². The standard InChI is InChI=1S/C27H19F9IO7S/c1-23(41-2,42-3)16-7-11-21-19(13-16)22(38)18-12-15(6-10-20(18)43-21)14-4-8-17(9-5-14)37-44-45(39,40)27(35,36)25(30,31)24(28,29)26(32,33)34/h4-13H,1-3H3/q-1. The molecule has 0 aliphatic carbocycles. The van der Waals surface area contributed by atoms with E-state index < -0.39 is 66.2 Å². The Morgan fingerprint density at radius 1 is 0.711 bits per heavy atom. The number of rotatable bonds is 10. The maximum absolute atomic E-state index is 13.9. The topological polar surface area (TPSA) is 92.0 Å². The summed E-state index contributed by atoms with van der Waals surface area (Å²) in [6, 6.07) is 14.3. The van der Waals surface area contributed by atoms with Gasteiger partial charge in [-0.05, 0) is 6.92 Å². The Kier molecular flexibility index (Phi) is 9.08. The van der Waals surface area contributed by atoms with Gasteiger partial charge in [0, 0.05) is 14.2 Å². The second-order valence-corrected chi connectivity index (χ2v) is 13.8. The number of ether oxygens (including phenoxy) is 2. The van der Waals surface area contributed by atoms with Crippen molar-refractivity contribution >= 4 is 32.1 Å². The molecule has 0 aliphatic rings. The quantitative estimate of drug-likeness (QED) is 0.104. The van der Waals surface area contributed by atoms with Gasteiger partial charge in [-0.2, -0.15) is 0 Å². The van der Waals surface area contributed by atoms with E-state index in [9.17, 15) is 52.7 Å². The van der Waals surface area contributed by atoms with E-state index in [1.165, 1.54) is 38.5 Å². The molecule has 0 saturated heterocycles. The molecular formula is C27H19F9IO7S-. The van der Waals surface area contributed by atoms with Gasteiger partial charge in [0.2, 0.25) is 0 Å². The van der Waals surface area contributed by atoms with Crippen molar-refractivity contribution in [3.05, 3.63) is 80.0 Å². The van der Waals surface area contributed by atoms with E-state index in [0.717, 1.165) is 12.1 Å². The third-order valence-electron chi connectivity index (χ3n) is 6.78. The number of benzene rings is 3. The summed E-state index contributed by atoms with van der Waals surface area (Å²) in [6.07, 6.45) is -7.19. The van der Waals surface area contributed by atoms with Crippen LogP contribution >= 0.6 is 0 Å². The van der Waals surface area contributed by atoms with E-state index in [0.29, 0.717) is 16.7 Å². The summed E-state index contributed by atoms with van der Waals surface area (Å²) in [4.78, 5) is 13.4. The van der Waals surface area contributed by atoms with Gasteiger partial charge in [-0.3, -0.25) is 0 Å². The average molecular weight is 785 g/mol. The first kappa shape index (κ1) is 34.9. The Hall–Kier alpha value is -2.94. The SMILES string of the molecule is COC(C)(OC)c1ccc2oc3ccc(-c4ccc([I-]OS(=O)(=O)C(F)(F)C(F)(F)C(F)(F)C(F)(F)F)cc4)cc3c(=O)c2c1. The minimum absolute atomic E-state index is 0.152. The van der Waals surface area contributed by atoms with Gasteiger partial charge < -0.3 is 9.47 Å². The molecule has 7 nitrogen and oxygen atoms in total. The van der Waals surface area contributed by atoms with Crippen LogP contribution in [0.25, 0.3) is 33.1 Å². The van der Waals surface area contributed by atoms with Crippen molar-refractivity contribution in [2.24, 2.45) is 0 Å². The molecule has 1 heterocycles. The molecule has 0 saturated carbocycles. The van der Waals surface area contributed by atoms with Crippen LogP contribution in [0.1, 0.15) is 12.5 Å². The number of halogens is 10. The molecule has 0 radical (unpaired) electrons. The van der Waals surface area contributed by atoms with Crippen LogP contribution in [0, 0.1) is 3.57 Å². The summed E-state index contributed by atoms with van der Waals surface area (Å²) in [5, 5.41) is -6.55. The van der Waals surface area contributed by atoms with Gasteiger partial charge in [0.1, 0.15) is 0 Å². The molecule has 0 bridgehead atoms. The van der Waals surface area contributed by atoms with E-state index in [2.05, 4.69) is 2.51 Å². The minimum atomic E-state index is -7.39. The van der Waals surface area contributed by atoms with E-state index in [4.69, 9.17) is 13.9 Å². The van der Waals surface area contributed by atoms with Gasteiger partial charge in [0.05, 0.1) is 0 Å². The van der Waals surface area contributed by atoms with E-state index in [1.54, 1.807) is 31.2 Å². The Labute approximate surface area is 258 Å². The predicted molar refractivity (Wildman–Crippen MR) is 136 cm³/mol. The first-order valence-corrected chi connectivity index (χ1v) is 15.5. The van der Waals surface area contributed by atoms with Crippen LogP contribution in [0.3, 0.4) is 0 Å². The first-order valence-electron chi connectivity index (χ1n) is 12.1. The molecule has 3 aromatic carbocycles. The number of hydrogen-bond donors (Lipinski definition) is 0. The summed E-state index contributed by atoms with van der Waals surface area (Å²) in [5.41, 5.74) is 1.48. The zero-order valence-corrected chi connectivity index (χ0v) is 25.8. The zero-order chi connectivity index (χ0) is 33.8. The maximum atomic E-state index is 13.9. The molecule has 0 fully saturated rings. The van der Waals surface area contributed by atoms with Crippen molar-refractivity contribution in [1.29, 1.82) is 0 Å². The molecule has 45 heavy (non-hydrogen) atoms. The fourth-order valence-electron chi connectivity index (χ4n) is 3.97. The number of methoxy groups -OCH3 is 2.